The maximum atomic E-state index is 5.61. The van der Waals surface area contributed by atoms with Crippen LogP contribution in [0.1, 0.15) is 30.3 Å². The van der Waals surface area contributed by atoms with E-state index in [-0.39, 0.29) is 0 Å². The maximum absolute atomic E-state index is 5.61. The number of likely N-dealkylation sites (tertiary alicyclic amines) is 1. The third kappa shape index (κ3) is 1.42. The number of nitrogen functional groups attached to an aromatic ring is 1. The van der Waals surface area contributed by atoms with Gasteiger partial charge in [-0.15, -0.1) is 0 Å². The Morgan fingerprint density at radius 3 is 2.85 bits per heavy atom. The number of aromatic amines is 1. The summed E-state index contributed by atoms with van der Waals surface area (Å²) in [6.07, 6.45) is 2.45. The summed E-state index contributed by atoms with van der Waals surface area (Å²) in [5, 5.41) is 0. The van der Waals surface area contributed by atoms with Crippen molar-refractivity contribution < 1.29 is 0 Å². The largest absolute Gasteiger partial charge is 0.369 e. The van der Waals surface area contributed by atoms with Gasteiger partial charge < -0.3 is 10.7 Å². The Kier molecular flexibility index (Phi) is 2.00. The third-order valence-corrected chi connectivity index (χ3v) is 2.78. The lowest BCUT2D eigenvalue weighted by Gasteiger charge is -2.17. The zero-order chi connectivity index (χ0) is 9.42. The summed E-state index contributed by atoms with van der Waals surface area (Å²) in [6, 6.07) is 0.466. The highest BCUT2D eigenvalue weighted by atomic mass is 15.2. The molecule has 1 aromatic heterocycles. The number of imidazole rings is 1. The van der Waals surface area contributed by atoms with Crippen LogP contribution in [-0.4, -0.2) is 28.5 Å². The van der Waals surface area contributed by atoms with Gasteiger partial charge in [0.25, 0.3) is 0 Å². The molecule has 0 radical (unpaired) electrons. The Labute approximate surface area is 78.1 Å². The zero-order valence-corrected chi connectivity index (χ0v) is 8.17. The normalized spacial score (nSPS) is 24.0. The molecule has 1 unspecified atom stereocenters. The van der Waals surface area contributed by atoms with Gasteiger partial charge in [-0.25, -0.2) is 4.98 Å². The molecule has 1 saturated heterocycles. The van der Waals surface area contributed by atoms with E-state index < -0.39 is 0 Å². The topological polar surface area (TPSA) is 57.9 Å². The van der Waals surface area contributed by atoms with E-state index >= 15 is 0 Å². The number of aromatic nitrogens is 2. The minimum Gasteiger partial charge on any atom is -0.369 e. The van der Waals surface area contributed by atoms with Crippen molar-refractivity contribution in [2.24, 2.45) is 0 Å². The van der Waals surface area contributed by atoms with Crippen molar-refractivity contribution in [1.82, 2.24) is 14.9 Å². The first-order chi connectivity index (χ1) is 6.18. The number of anilines is 1. The van der Waals surface area contributed by atoms with Crippen LogP contribution in [0.15, 0.2) is 0 Å². The van der Waals surface area contributed by atoms with Crippen molar-refractivity contribution in [2.45, 2.75) is 25.8 Å². The second-order valence-corrected chi connectivity index (χ2v) is 3.77. The lowest BCUT2D eigenvalue weighted by Crippen LogP contribution is -2.18. The minimum absolute atomic E-state index is 0.466. The first kappa shape index (κ1) is 8.56. The van der Waals surface area contributed by atoms with Gasteiger partial charge in [-0.3, -0.25) is 4.90 Å². The molecule has 0 bridgehead atoms. The predicted octanol–water partition coefficient (Wildman–Crippen LogP) is 1.07. The molecule has 72 valence electrons. The predicted molar refractivity (Wildman–Crippen MR) is 52.3 cm³/mol. The Bertz CT molecular complexity index is 305. The molecule has 1 fully saturated rings. The number of nitrogens with zero attached hydrogens (tertiary/aromatic N) is 2. The van der Waals surface area contributed by atoms with Gasteiger partial charge in [-0.2, -0.15) is 0 Å². The van der Waals surface area contributed by atoms with E-state index in [1.165, 1.54) is 12.8 Å². The van der Waals surface area contributed by atoms with E-state index in [1.807, 2.05) is 6.92 Å². The molecule has 0 spiro atoms. The molecular formula is C9H16N4. The van der Waals surface area contributed by atoms with Crippen LogP contribution >= 0.6 is 0 Å². The van der Waals surface area contributed by atoms with Gasteiger partial charge in [0.05, 0.1) is 11.7 Å². The van der Waals surface area contributed by atoms with Crippen molar-refractivity contribution in [2.75, 3.05) is 19.3 Å². The van der Waals surface area contributed by atoms with Crippen LogP contribution in [0.3, 0.4) is 0 Å². The summed E-state index contributed by atoms with van der Waals surface area (Å²) in [5.74, 6) is 0.535. The molecule has 1 atom stereocenters. The molecule has 0 saturated carbocycles. The molecule has 13 heavy (non-hydrogen) atoms. The summed E-state index contributed by atoms with van der Waals surface area (Å²) >= 11 is 0. The van der Waals surface area contributed by atoms with E-state index in [2.05, 4.69) is 21.9 Å². The van der Waals surface area contributed by atoms with Crippen LogP contribution < -0.4 is 5.73 Å². The Morgan fingerprint density at radius 1 is 1.62 bits per heavy atom. The van der Waals surface area contributed by atoms with Gasteiger partial charge in [-0.1, -0.05) is 0 Å². The highest BCUT2D eigenvalue weighted by molar-refractivity contribution is 5.27. The van der Waals surface area contributed by atoms with Crippen LogP contribution in [-0.2, 0) is 0 Å². The van der Waals surface area contributed by atoms with E-state index in [9.17, 15) is 0 Å². The smallest absolute Gasteiger partial charge is 0.197 e. The fourth-order valence-electron chi connectivity index (χ4n) is 2.08. The van der Waals surface area contributed by atoms with E-state index in [0.717, 1.165) is 17.9 Å². The molecule has 1 aliphatic heterocycles. The van der Waals surface area contributed by atoms with E-state index in [4.69, 9.17) is 5.73 Å². The van der Waals surface area contributed by atoms with Crippen LogP contribution in [0.5, 0.6) is 0 Å². The summed E-state index contributed by atoms with van der Waals surface area (Å²) in [5.41, 5.74) is 7.84. The van der Waals surface area contributed by atoms with Crippen LogP contribution in [0, 0.1) is 6.92 Å². The average Bonchev–Trinajstić information content (AvgIpc) is 2.58. The number of aryl methyl sites for hydroxylation is 1. The van der Waals surface area contributed by atoms with Gasteiger partial charge in [-0.05, 0) is 33.4 Å². The second-order valence-electron chi connectivity index (χ2n) is 3.77. The lowest BCUT2D eigenvalue weighted by atomic mass is 10.1. The molecule has 3 N–H and O–H groups in total. The number of nitrogens with one attached hydrogen (secondary N) is 1. The lowest BCUT2D eigenvalue weighted by molar-refractivity contribution is 0.311. The number of nitrogens with two attached hydrogens (primary N) is 1. The molecule has 0 aromatic carbocycles. The minimum atomic E-state index is 0.466. The number of hydrogen-bond donors (Lipinski definition) is 2. The summed E-state index contributed by atoms with van der Waals surface area (Å²) in [6.45, 7) is 3.20. The first-order valence-electron chi connectivity index (χ1n) is 4.70. The molecular weight excluding hydrogens is 164 g/mol. The standard InChI is InChI=1S/C9H16N4/c1-6-8(12-9(10)11-6)7-4-3-5-13(7)2/h7H,3-5H2,1-2H3,(H3,10,11,12). The van der Waals surface area contributed by atoms with Gasteiger partial charge in [0, 0.05) is 5.69 Å². The maximum Gasteiger partial charge on any atom is 0.197 e. The third-order valence-electron chi connectivity index (χ3n) is 2.78. The molecule has 4 heteroatoms. The number of H-pyrrole nitrogens is 1. The monoisotopic (exact) mass is 180 g/mol. The number of rotatable bonds is 1. The summed E-state index contributed by atoms with van der Waals surface area (Å²) < 4.78 is 0. The Hall–Kier alpha value is -1.03. The van der Waals surface area contributed by atoms with E-state index in [0.29, 0.717) is 12.0 Å². The quantitative estimate of drug-likeness (QED) is 0.679. The van der Waals surface area contributed by atoms with Crippen LogP contribution in [0.2, 0.25) is 0 Å². The van der Waals surface area contributed by atoms with Crippen molar-refractivity contribution >= 4 is 5.95 Å². The highest BCUT2D eigenvalue weighted by Gasteiger charge is 2.26. The summed E-state index contributed by atoms with van der Waals surface area (Å²) in [4.78, 5) is 9.70. The van der Waals surface area contributed by atoms with Gasteiger partial charge in [0.1, 0.15) is 0 Å². The van der Waals surface area contributed by atoms with Gasteiger partial charge in [0.15, 0.2) is 5.95 Å². The summed E-state index contributed by atoms with van der Waals surface area (Å²) in [7, 11) is 2.14. The number of hydrogen-bond acceptors (Lipinski definition) is 3. The van der Waals surface area contributed by atoms with Crippen molar-refractivity contribution in [1.29, 1.82) is 0 Å². The molecule has 1 aliphatic rings. The molecule has 1 aromatic rings. The van der Waals surface area contributed by atoms with Gasteiger partial charge >= 0.3 is 0 Å². The van der Waals surface area contributed by atoms with Crippen molar-refractivity contribution in [3.8, 4) is 0 Å². The Morgan fingerprint density at radius 2 is 2.38 bits per heavy atom. The highest BCUT2D eigenvalue weighted by Crippen LogP contribution is 2.31. The first-order valence-corrected chi connectivity index (χ1v) is 4.70. The van der Waals surface area contributed by atoms with Crippen LogP contribution in [0.4, 0.5) is 5.95 Å². The molecule has 0 amide bonds. The molecule has 0 aliphatic carbocycles. The van der Waals surface area contributed by atoms with E-state index in [1.54, 1.807) is 0 Å². The average molecular weight is 180 g/mol. The van der Waals surface area contributed by atoms with Crippen molar-refractivity contribution in [3.05, 3.63) is 11.4 Å². The van der Waals surface area contributed by atoms with Crippen molar-refractivity contribution in [3.63, 3.8) is 0 Å². The van der Waals surface area contributed by atoms with Gasteiger partial charge in [0.2, 0.25) is 0 Å². The fraction of sp³-hybridized carbons (Fsp3) is 0.667. The SMILES string of the molecule is Cc1[nH]c(N)nc1C1CCCN1C. The Balaban J connectivity index is 2.28. The fourth-order valence-corrected chi connectivity index (χ4v) is 2.08. The molecule has 2 rings (SSSR count). The second kappa shape index (κ2) is 3.03. The van der Waals surface area contributed by atoms with Crippen LogP contribution in [0.25, 0.3) is 0 Å². The zero-order valence-electron chi connectivity index (χ0n) is 8.17. The molecule has 2 heterocycles. The molecule has 4 nitrogen and oxygen atoms in total.